The van der Waals surface area contributed by atoms with E-state index in [9.17, 15) is 23.1 Å². The number of esters is 1. The first-order valence-electron chi connectivity index (χ1n) is 6.07. The molecule has 0 atom stereocenters. The number of phenolic OH excluding ortho intramolecular Hbond substituents is 1. The Morgan fingerprint density at radius 2 is 1.86 bits per heavy atom. The highest BCUT2D eigenvalue weighted by molar-refractivity contribution is 5.91. The van der Waals surface area contributed by atoms with Crippen molar-refractivity contribution in [2.75, 3.05) is 7.11 Å². The molecule has 0 amide bonds. The number of carbonyl (C=O) groups excluding carboxylic acids is 1. The Morgan fingerprint density at radius 3 is 2.45 bits per heavy atom. The Hall–Kier alpha value is -2.70. The van der Waals surface area contributed by atoms with E-state index in [1.165, 1.54) is 25.3 Å². The molecule has 0 radical (unpaired) electrons. The molecule has 0 bridgehead atoms. The molecule has 2 aromatic rings. The number of rotatable bonds is 3. The largest absolute Gasteiger partial charge is 0.573 e. The van der Waals surface area contributed by atoms with Crippen LogP contribution in [-0.2, 0) is 4.74 Å². The van der Waals surface area contributed by atoms with Crippen LogP contribution in [0.3, 0.4) is 0 Å². The summed E-state index contributed by atoms with van der Waals surface area (Å²) in [4.78, 5) is 11.5. The summed E-state index contributed by atoms with van der Waals surface area (Å²) in [7, 11) is 1.23. The van der Waals surface area contributed by atoms with E-state index < -0.39 is 23.8 Å². The van der Waals surface area contributed by atoms with Crippen molar-refractivity contribution in [3.63, 3.8) is 0 Å². The molecule has 1 N–H and O–H groups in total. The van der Waals surface area contributed by atoms with Crippen LogP contribution in [0.2, 0.25) is 0 Å². The summed E-state index contributed by atoms with van der Waals surface area (Å²) < 4.78 is 44.7. The summed E-state index contributed by atoms with van der Waals surface area (Å²) in [6.07, 6.45) is -4.83. The first kappa shape index (κ1) is 15.7. The number of methoxy groups -OCH3 is 1. The molecule has 0 unspecified atom stereocenters. The van der Waals surface area contributed by atoms with Gasteiger partial charge in [0.05, 0.1) is 12.7 Å². The second-order valence-electron chi connectivity index (χ2n) is 4.30. The van der Waals surface area contributed by atoms with E-state index in [-0.39, 0.29) is 11.1 Å². The number of phenols is 1. The number of hydrogen-bond donors (Lipinski definition) is 1. The van der Waals surface area contributed by atoms with Crippen LogP contribution in [0.25, 0.3) is 11.1 Å². The van der Waals surface area contributed by atoms with Gasteiger partial charge in [-0.3, -0.25) is 0 Å². The smallest absolute Gasteiger partial charge is 0.507 e. The van der Waals surface area contributed by atoms with E-state index in [1.807, 2.05) is 0 Å². The van der Waals surface area contributed by atoms with Gasteiger partial charge in [0.1, 0.15) is 11.5 Å². The van der Waals surface area contributed by atoms with E-state index in [0.717, 1.165) is 12.1 Å². The lowest BCUT2D eigenvalue weighted by atomic mass is 10.0. The highest BCUT2D eigenvalue weighted by Crippen LogP contribution is 2.34. The lowest BCUT2D eigenvalue weighted by Gasteiger charge is -2.11. The van der Waals surface area contributed by atoms with Gasteiger partial charge < -0.3 is 14.6 Å². The predicted molar refractivity (Wildman–Crippen MR) is 71.6 cm³/mol. The van der Waals surface area contributed by atoms with Gasteiger partial charge in [-0.15, -0.1) is 13.2 Å². The Bertz CT molecular complexity index is 695. The van der Waals surface area contributed by atoms with Gasteiger partial charge in [0.15, 0.2) is 0 Å². The molecule has 7 heteroatoms. The molecule has 0 aliphatic carbocycles. The van der Waals surface area contributed by atoms with Crippen molar-refractivity contribution in [3.8, 4) is 22.6 Å². The Kier molecular flexibility index (Phi) is 4.25. The molecule has 22 heavy (non-hydrogen) atoms. The summed E-state index contributed by atoms with van der Waals surface area (Å²) in [6.45, 7) is 0. The van der Waals surface area contributed by atoms with Crippen molar-refractivity contribution in [1.82, 2.24) is 0 Å². The molecule has 4 nitrogen and oxygen atoms in total. The van der Waals surface area contributed by atoms with Crippen molar-refractivity contribution in [2.24, 2.45) is 0 Å². The maximum atomic E-state index is 12.1. The van der Waals surface area contributed by atoms with Gasteiger partial charge in [0.2, 0.25) is 0 Å². The fraction of sp³-hybridized carbons (Fsp3) is 0.133. The van der Waals surface area contributed by atoms with Crippen molar-refractivity contribution in [3.05, 3.63) is 48.0 Å². The van der Waals surface area contributed by atoms with Crippen LogP contribution in [-0.4, -0.2) is 24.5 Å². The third kappa shape index (κ3) is 3.69. The van der Waals surface area contributed by atoms with Crippen molar-refractivity contribution >= 4 is 5.97 Å². The zero-order valence-electron chi connectivity index (χ0n) is 11.3. The Labute approximate surface area is 123 Å². The molecule has 0 spiro atoms. The Balaban J connectivity index is 2.35. The normalized spacial score (nSPS) is 11.1. The summed E-state index contributed by atoms with van der Waals surface area (Å²) in [6, 6.07) is 9.36. The molecule has 2 aromatic carbocycles. The van der Waals surface area contributed by atoms with Crippen molar-refractivity contribution in [1.29, 1.82) is 0 Å². The second kappa shape index (κ2) is 5.97. The maximum absolute atomic E-state index is 12.1. The molecular formula is C15H11F3O4. The van der Waals surface area contributed by atoms with Gasteiger partial charge >= 0.3 is 12.3 Å². The fourth-order valence-corrected chi connectivity index (χ4v) is 1.88. The molecule has 0 aromatic heterocycles. The zero-order valence-corrected chi connectivity index (χ0v) is 11.3. The number of hydrogen-bond acceptors (Lipinski definition) is 4. The van der Waals surface area contributed by atoms with Gasteiger partial charge in [0.25, 0.3) is 0 Å². The average molecular weight is 312 g/mol. The quantitative estimate of drug-likeness (QED) is 0.877. The Morgan fingerprint density at radius 1 is 1.14 bits per heavy atom. The third-order valence-corrected chi connectivity index (χ3v) is 2.80. The minimum absolute atomic E-state index is 0.259. The first-order chi connectivity index (χ1) is 10.3. The monoisotopic (exact) mass is 312 g/mol. The number of carbonyl (C=O) groups is 1. The van der Waals surface area contributed by atoms with E-state index in [1.54, 1.807) is 12.1 Å². The van der Waals surface area contributed by atoms with Crippen LogP contribution in [0.15, 0.2) is 42.5 Å². The van der Waals surface area contributed by atoms with Crippen LogP contribution in [0.1, 0.15) is 10.4 Å². The fourth-order valence-electron chi connectivity index (χ4n) is 1.88. The second-order valence-corrected chi connectivity index (χ2v) is 4.30. The highest BCUT2D eigenvalue weighted by atomic mass is 19.4. The number of ether oxygens (including phenoxy) is 2. The van der Waals surface area contributed by atoms with Crippen LogP contribution < -0.4 is 4.74 Å². The molecule has 0 aliphatic rings. The van der Waals surface area contributed by atoms with Gasteiger partial charge in [-0.2, -0.15) is 0 Å². The summed E-state index contributed by atoms with van der Waals surface area (Å²) in [5.74, 6) is -1.49. The highest BCUT2D eigenvalue weighted by Gasteiger charge is 2.31. The molecule has 0 saturated carbocycles. The van der Waals surface area contributed by atoms with E-state index in [2.05, 4.69) is 9.47 Å². The standard InChI is InChI=1S/C15H11F3O4/c1-21-14(20)10-4-2-3-9(7-10)12-6-5-11(8-13(12)19)22-15(16,17)18/h2-8,19H,1H3. The topological polar surface area (TPSA) is 55.8 Å². The van der Waals surface area contributed by atoms with Crippen LogP contribution in [0.4, 0.5) is 13.2 Å². The van der Waals surface area contributed by atoms with Gasteiger partial charge in [-0.05, 0) is 29.8 Å². The van der Waals surface area contributed by atoms with E-state index >= 15 is 0 Å². The lowest BCUT2D eigenvalue weighted by Crippen LogP contribution is -2.16. The van der Waals surface area contributed by atoms with Gasteiger partial charge in [0, 0.05) is 11.6 Å². The van der Waals surface area contributed by atoms with Crippen molar-refractivity contribution in [2.45, 2.75) is 6.36 Å². The van der Waals surface area contributed by atoms with Crippen LogP contribution in [0, 0.1) is 0 Å². The van der Waals surface area contributed by atoms with E-state index in [0.29, 0.717) is 5.56 Å². The average Bonchev–Trinajstić information content (AvgIpc) is 2.45. The molecule has 0 heterocycles. The molecular weight excluding hydrogens is 301 g/mol. The van der Waals surface area contributed by atoms with Crippen molar-refractivity contribution < 1.29 is 32.5 Å². The molecule has 2 rings (SSSR count). The minimum Gasteiger partial charge on any atom is -0.507 e. The minimum atomic E-state index is -4.83. The number of alkyl halides is 3. The van der Waals surface area contributed by atoms with Gasteiger partial charge in [-0.25, -0.2) is 4.79 Å². The zero-order chi connectivity index (χ0) is 16.3. The SMILES string of the molecule is COC(=O)c1cccc(-c2ccc(OC(F)(F)F)cc2O)c1. The molecule has 0 saturated heterocycles. The number of benzene rings is 2. The number of aromatic hydroxyl groups is 1. The molecule has 0 fully saturated rings. The first-order valence-corrected chi connectivity index (χ1v) is 6.07. The van der Waals surface area contributed by atoms with Crippen LogP contribution >= 0.6 is 0 Å². The van der Waals surface area contributed by atoms with Crippen LogP contribution in [0.5, 0.6) is 11.5 Å². The predicted octanol–water partition coefficient (Wildman–Crippen LogP) is 3.74. The summed E-state index contributed by atoms with van der Waals surface area (Å²) in [5, 5.41) is 9.86. The number of halogens is 3. The summed E-state index contributed by atoms with van der Waals surface area (Å²) >= 11 is 0. The lowest BCUT2D eigenvalue weighted by molar-refractivity contribution is -0.274. The van der Waals surface area contributed by atoms with Gasteiger partial charge in [-0.1, -0.05) is 12.1 Å². The third-order valence-electron chi connectivity index (χ3n) is 2.80. The maximum Gasteiger partial charge on any atom is 0.573 e. The molecule has 0 aliphatic heterocycles. The summed E-state index contributed by atoms with van der Waals surface area (Å²) in [5.41, 5.74) is 0.981. The molecule has 116 valence electrons. The van der Waals surface area contributed by atoms with E-state index in [4.69, 9.17) is 0 Å².